The van der Waals surface area contributed by atoms with Gasteiger partial charge in [0.05, 0.1) is 18.7 Å². The van der Waals surface area contributed by atoms with Crippen LogP contribution in [-0.2, 0) is 9.59 Å². The van der Waals surface area contributed by atoms with E-state index >= 15 is 0 Å². The predicted octanol–water partition coefficient (Wildman–Crippen LogP) is 2.59. The number of nitrogens with one attached hydrogen (secondary N) is 1. The van der Waals surface area contributed by atoms with E-state index in [4.69, 9.17) is 4.74 Å². The first-order chi connectivity index (χ1) is 12.7. The van der Waals surface area contributed by atoms with Crippen LogP contribution in [-0.4, -0.2) is 55.5 Å². The second kappa shape index (κ2) is 9.22. The second-order valence-electron chi connectivity index (χ2n) is 7.80. The highest BCUT2D eigenvalue weighted by Gasteiger charge is 2.36. The predicted molar refractivity (Wildman–Crippen MR) is 108 cm³/mol. The van der Waals surface area contributed by atoms with Crippen LogP contribution in [0.25, 0.3) is 0 Å². The number of rotatable bonds is 8. The highest BCUT2D eigenvalue weighted by Crippen LogP contribution is 2.33. The van der Waals surface area contributed by atoms with E-state index in [2.05, 4.69) is 37.9 Å². The molecule has 6 heteroatoms. The fourth-order valence-electron chi connectivity index (χ4n) is 3.69. The maximum absolute atomic E-state index is 12.6. The lowest BCUT2D eigenvalue weighted by atomic mass is 10.1. The number of anilines is 1. The first kappa shape index (κ1) is 21.2. The Morgan fingerprint density at radius 2 is 1.96 bits per heavy atom. The van der Waals surface area contributed by atoms with Crippen LogP contribution in [0.2, 0.25) is 0 Å². The normalized spacial score (nSPS) is 17.3. The Kier molecular flexibility index (Phi) is 7.25. The minimum atomic E-state index is -0.325. The molecule has 6 nitrogen and oxygen atoms in total. The Labute approximate surface area is 162 Å². The van der Waals surface area contributed by atoms with E-state index in [9.17, 15) is 9.59 Å². The average molecular weight is 376 g/mol. The van der Waals surface area contributed by atoms with Crippen molar-refractivity contribution in [2.45, 2.75) is 53.1 Å². The molecule has 1 aromatic carbocycles. The van der Waals surface area contributed by atoms with Gasteiger partial charge in [0.15, 0.2) is 0 Å². The largest absolute Gasteiger partial charge is 0.495 e. The number of aryl methyl sites for hydroxylation is 1. The molecule has 1 heterocycles. The topological polar surface area (TPSA) is 61.9 Å². The molecule has 2 amide bonds. The van der Waals surface area contributed by atoms with E-state index in [0.29, 0.717) is 30.9 Å². The Balaban J connectivity index is 1.97. The number of nitrogens with zero attached hydrogens (tertiary/aromatic N) is 2. The van der Waals surface area contributed by atoms with Crippen molar-refractivity contribution in [2.24, 2.45) is 5.92 Å². The van der Waals surface area contributed by atoms with Gasteiger partial charge in [-0.2, -0.15) is 0 Å². The molecule has 1 atom stereocenters. The monoisotopic (exact) mass is 375 g/mol. The summed E-state index contributed by atoms with van der Waals surface area (Å²) in [6, 6.07) is 6.60. The lowest BCUT2D eigenvalue weighted by Crippen LogP contribution is -2.43. The molecule has 0 aromatic heterocycles. The van der Waals surface area contributed by atoms with Gasteiger partial charge in [-0.25, -0.2) is 0 Å². The number of hydrogen-bond acceptors (Lipinski definition) is 4. The zero-order valence-corrected chi connectivity index (χ0v) is 17.4. The Bertz CT molecular complexity index is 665. The molecule has 1 unspecified atom stereocenters. The van der Waals surface area contributed by atoms with Crippen LogP contribution in [0.1, 0.15) is 39.7 Å². The molecule has 0 saturated carbocycles. The van der Waals surface area contributed by atoms with E-state index in [1.54, 1.807) is 12.0 Å². The number of carbonyl (C=O) groups excluding carboxylic acids is 2. The molecule has 1 aromatic rings. The van der Waals surface area contributed by atoms with Crippen molar-refractivity contribution in [2.75, 3.05) is 31.6 Å². The van der Waals surface area contributed by atoms with Gasteiger partial charge in [0, 0.05) is 38.1 Å². The van der Waals surface area contributed by atoms with E-state index in [1.807, 2.05) is 25.1 Å². The van der Waals surface area contributed by atoms with Crippen molar-refractivity contribution < 1.29 is 14.3 Å². The molecule has 1 fully saturated rings. The highest BCUT2D eigenvalue weighted by atomic mass is 16.5. The van der Waals surface area contributed by atoms with Crippen molar-refractivity contribution in [3.63, 3.8) is 0 Å². The van der Waals surface area contributed by atoms with Gasteiger partial charge in [-0.1, -0.05) is 6.07 Å². The fraction of sp³-hybridized carbons (Fsp3) is 0.619. The van der Waals surface area contributed by atoms with Crippen molar-refractivity contribution in [1.82, 2.24) is 10.2 Å². The van der Waals surface area contributed by atoms with Gasteiger partial charge < -0.3 is 15.0 Å². The van der Waals surface area contributed by atoms with E-state index in [-0.39, 0.29) is 24.2 Å². The molecule has 2 rings (SSSR count). The van der Waals surface area contributed by atoms with Crippen molar-refractivity contribution >= 4 is 17.5 Å². The minimum absolute atomic E-state index is 0.0370. The van der Waals surface area contributed by atoms with Crippen LogP contribution in [0.4, 0.5) is 5.69 Å². The Morgan fingerprint density at radius 3 is 2.56 bits per heavy atom. The van der Waals surface area contributed by atoms with Crippen LogP contribution >= 0.6 is 0 Å². The third kappa shape index (κ3) is 5.22. The summed E-state index contributed by atoms with van der Waals surface area (Å²) >= 11 is 0. The number of carbonyl (C=O) groups is 2. The molecule has 0 aliphatic carbocycles. The molecule has 1 aliphatic heterocycles. The number of hydrogen-bond donors (Lipinski definition) is 1. The Morgan fingerprint density at radius 1 is 1.30 bits per heavy atom. The van der Waals surface area contributed by atoms with Crippen molar-refractivity contribution in [3.05, 3.63) is 23.8 Å². The number of methoxy groups -OCH3 is 1. The number of benzene rings is 1. The maximum Gasteiger partial charge on any atom is 0.227 e. The number of ether oxygens (including phenoxy) is 1. The standard InChI is InChI=1S/C21H33N3O3/c1-14(2)23(15(3)4)10-9-22-21(26)17-12-20(25)24(13-17)18-11-16(5)7-8-19(18)27-6/h7-8,11,14-15,17H,9-10,12-13H2,1-6H3,(H,22,26). The van der Waals surface area contributed by atoms with Crippen LogP contribution in [0, 0.1) is 12.8 Å². The summed E-state index contributed by atoms with van der Waals surface area (Å²) in [6.07, 6.45) is 0.237. The van der Waals surface area contributed by atoms with Crippen LogP contribution < -0.4 is 15.0 Å². The zero-order valence-electron chi connectivity index (χ0n) is 17.4. The highest BCUT2D eigenvalue weighted by molar-refractivity contribution is 6.01. The lowest BCUT2D eigenvalue weighted by Gasteiger charge is -2.30. The Hall–Kier alpha value is -2.08. The number of amides is 2. The van der Waals surface area contributed by atoms with E-state index < -0.39 is 0 Å². The van der Waals surface area contributed by atoms with Crippen LogP contribution in [0.15, 0.2) is 18.2 Å². The molecule has 0 radical (unpaired) electrons. The smallest absolute Gasteiger partial charge is 0.227 e. The quantitative estimate of drug-likeness (QED) is 0.759. The van der Waals surface area contributed by atoms with Gasteiger partial charge in [0.1, 0.15) is 5.75 Å². The molecule has 0 spiro atoms. The molecule has 27 heavy (non-hydrogen) atoms. The summed E-state index contributed by atoms with van der Waals surface area (Å²) in [7, 11) is 1.59. The molecule has 150 valence electrons. The molecule has 1 saturated heterocycles. The summed E-state index contributed by atoms with van der Waals surface area (Å²) in [5.74, 6) is 0.240. The molecule has 0 bridgehead atoms. The third-order valence-electron chi connectivity index (χ3n) is 5.12. The summed E-state index contributed by atoms with van der Waals surface area (Å²) in [5.41, 5.74) is 1.79. The van der Waals surface area contributed by atoms with Gasteiger partial charge in [0.2, 0.25) is 11.8 Å². The van der Waals surface area contributed by atoms with Gasteiger partial charge in [-0.05, 0) is 52.3 Å². The van der Waals surface area contributed by atoms with E-state index in [0.717, 1.165) is 17.8 Å². The summed E-state index contributed by atoms with van der Waals surface area (Å²) in [4.78, 5) is 29.1. The van der Waals surface area contributed by atoms with Gasteiger partial charge in [-0.15, -0.1) is 0 Å². The SMILES string of the molecule is COc1ccc(C)cc1N1CC(C(=O)NCCN(C(C)C)C(C)C)CC1=O. The third-order valence-corrected chi connectivity index (χ3v) is 5.12. The van der Waals surface area contributed by atoms with Gasteiger partial charge >= 0.3 is 0 Å². The first-order valence-corrected chi connectivity index (χ1v) is 9.73. The van der Waals surface area contributed by atoms with Crippen molar-refractivity contribution in [3.8, 4) is 5.75 Å². The fourth-order valence-corrected chi connectivity index (χ4v) is 3.69. The summed E-state index contributed by atoms with van der Waals surface area (Å²) in [6.45, 7) is 12.4. The maximum atomic E-state index is 12.6. The van der Waals surface area contributed by atoms with Gasteiger partial charge in [-0.3, -0.25) is 14.5 Å². The van der Waals surface area contributed by atoms with Crippen LogP contribution in [0.5, 0.6) is 5.75 Å². The lowest BCUT2D eigenvalue weighted by molar-refractivity contribution is -0.126. The minimum Gasteiger partial charge on any atom is -0.495 e. The molecule has 1 aliphatic rings. The van der Waals surface area contributed by atoms with Crippen LogP contribution in [0.3, 0.4) is 0 Å². The van der Waals surface area contributed by atoms with Gasteiger partial charge in [0.25, 0.3) is 0 Å². The molecular weight excluding hydrogens is 342 g/mol. The summed E-state index contributed by atoms with van der Waals surface area (Å²) < 4.78 is 5.39. The zero-order chi connectivity index (χ0) is 20.1. The molecular formula is C21H33N3O3. The van der Waals surface area contributed by atoms with E-state index in [1.165, 1.54) is 0 Å². The average Bonchev–Trinajstić information content (AvgIpc) is 2.99. The first-order valence-electron chi connectivity index (χ1n) is 9.73. The summed E-state index contributed by atoms with van der Waals surface area (Å²) in [5, 5.41) is 3.01. The second-order valence-corrected chi connectivity index (χ2v) is 7.80. The van der Waals surface area contributed by atoms with Crippen molar-refractivity contribution in [1.29, 1.82) is 0 Å². The molecule has 1 N–H and O–H groups in total.